The number of hydrogen-bond donors (Lipinski definition) is 0. The van der Waals surface area contributed by atoms with Crippen molar-refractivity contribution in [3.63, 3.8) is 0 Å². The van der Waals surface area contributed by atoms with Gasteiger partial charge in [0.05, 0.1) is 0 Å². The zero-order valence-electron chi connectivity index (χ0n) is 16.4. The summed E-state index contributed by atoms with van der Waals surface area (Å²) >= 11 is 0. The van der Waals surface area contributed by atoms with E-state index in [1.165, 1.54) is 26.6 Å². The van der Waals surface area contributed by atoms with E-state index in [0.717, 1.165) is 13.1 Å². The van der Waals surface area contributed by atoms with Crippen LogP contribution in [0.4, 0.5) is 10.5 Å². The molecule has 2 heterocycles. The molecule has 0 radical (unpaired) electrons. The van der Waals surface area contributed by atoms with Crippen LogP contribution in [0.2, 0.25) is 0 Å². The Hall–Kier alpha value is -2.57. The molecule has 4 amide bonds. The van der Waals surface area contributed by atoms with Crippen molar-refractivity contribution in [3.05, 3.63) is 29.3 Å². The number of hydrogen-bond acceptors (Lipinski definition) is 4. The number of amides is 4. The van der Waals surface area contributed by atoms with Gasteiger partial charge in [-0.2, -0.15) is 0 Å². The third kappa shape index (κ3) is 4.23. The standard InChI is InChI=1S/C20H28N4O3/c1-15-6-7-16(2)17(13-15)22-9-11-23(12-10-22)18(25)5-4-8-24-19(26)14-21(3)20(24)27/h6-7,13H,4-5,8-12,14H2,1-3H3. The smallest absolute Gasteiger partial charge is 0.326 e. The van der Waals surface area contributed by atoms with Crippen LogP contribution in [0, 0.1) is 13.8 Å². The fourth-order valence-corrected chi connectivity index (χ4v) is 3.69. The molecule has 2 fully saturated rings. The van der Waals surface area contributed by atoms with Crippen LogP contribution in [0.1, 0.15) is 24.0 Å². The monoisotopic (exact) mass is 372 g/mol. The number of nitrogens with zero attached hydrogens (tertiary/aromatic N) is 4. The third-order valence-corrected chi connectivity index (χ3v) is 5.34. The number of anilines is 1. The minimum atomic E-state index is -0.269. The Morgan fingerprint density at radius 3 is 2.41 bits per heavy atom. The molecular formula is C20H28N4O3. The largest absolute Gasteiger partial charge is 0.368 e. The molecule has 0 saturated carbocycles. The molecule has 1 aromatic rings. The number of rotatable bonds is 5. The van der Waals surface area contributed by atoms with E-state index in [1.807, 2.05) is 4.90 Å². The van der Waals surface area contributed by atoms with Gasteiger partial charge >= 0.3 is 6.03 Å². The van der Waals surface area contributed by atoms with Crippen molar-refractivity contribution in [1.82, 2.24) is 14.7 Å². The first kappa shape index (κ1) is 19.2. The SMILES string of the molecule is Cc1ccc(C)c(N2CCN(C(=O)CCCN3C(=O)CN(C)C3=O)CC2)c1. The lowest BCUT2D eigenvalue weighted by Crippen LogP contribution is -2.49. The van der Waals surface area contributed by atoms with E-state index < -0.39 is 0 Å². The molecule has 3 rings (SSSR count). The highest BCUT2D eigenvalue weighted by Crippen LogP contribution is 2.23. The van der Waals surface area contributed by atoms with Gasteiger partial charge in [-0.3, -0.25) is 14.5 Å². The molecule has 2 aliphatic rings. The highest BCUT2D eigenvalue weighted by molar-refractivity contribution is 6.01. The van der Waals surface area contributed by atoms with Crippen molar-refractivity contribution in [1.29, 1.82) is 0 Å². The first-order valence-corrected chi connectivity index (χ1v) is 9.52. The van der Waals surface area contributed by atoms with Crippen molar-refractivity contribution < 1.29 is 14.4 Å². The van der Waals surface area contributed by atoms with Crippen molar-refractivity contribution >= 4 is 23.5 Å². The van der Waals surface area contributed by atoms with Gasteiger partial charge in [0.15, 0.2) is 0 Å². The molecule has 0 bridgehead atoms. The second-order valence-corrected chi connectivity index (χ2v) is 7.45. The molecule has 0 N–H and O–H groups in total. The topological polar surface area (TPSA) is 64.2 Å². The lowest BCUT2D eigenvalue weighted by Gasteiger charge is -2.37. The lowest BCUT2D eigenvalue weighted by atomic mass is 10.1. The molecule has 0 unspecified atom stereocenters. The Labute approximate surface area is 160 Å². The average molecular weight is 372 g/mol. The van der Waals surface area contributed by atoms with Crippen LogP contribution in [0.5, 0.6) is 0 Å². The van der Waals surface area contributed by atoms with Gasteiger partial charge in [-0.25, -0.2) is 4.79 Å². The Kier molecular flexibility index (Phi) is 5.68. The fourth-order valence-electron chi connectivity index (χ4n) is 3.69. The highest BCUT2D eigenvalue weighted by atomic mass is 16.2. The van der Waals surface area contributed by atoms with Gasteiger partial charge in [0, 0.05) is 51.9 Å². The second kappa shape index (κ2) is 7.98. The summed E-state index contributed by atoms with van der Waals surface area (Å²) in [5.41, 5.74) is 3.74. The first-order valence-electron chi connectivity index (χ1n) is 9.52. The highest BCUT2D eigenvalue weighted by Gasteiger charge is 2.33. The Bertz CT molecular complexity index is 741. The van der Waals surface area contributed by atoms with Crippen LogP contribution >= 0.6 is 0 Å². The maximum Gasteiger partial charge on any atom is 0.326 e. The van der Waals surface area contributed by atoms with E-state index in [1.54, 1.807) is 7.05 Å². The van der Waals surface area contributed by atoms with Gasteiger partial charge in [-0.1, -0.05) is 12.1 Å². The molecular weight excluding hydrogens is 344 g/mol. The summed E-state index contributed by atoms with van der Waals surface area (Å²) in [4.78, 5) is 42.9. The van der Waals surface area contributed by atoms with Crippen LogP contribution in [0.3, 0.4) is 0 Å². The maximum atomic E-state index is 12.5. The minimum Gasteiger partial charge on any atom is -0.368 e. The van der Waals surface area contributed by atoms with Crippen molar-refractivity contribution in [2.75, 3.05) is 51.2 Å². The number of carbonyl (C=O) groups is 3. The van der Waals surface area contributed by atoms with Crippen molar-refractivity contribution in [3.8, 4) is 0 Å². The zero-order valence-corrected chi connectivity index (χ0v) is 16.4. The van der Waals surface area contributed by atoms with E-state index in [0.29, 0.717) is 32.5 Å². The molecule has 0 spiro atoms. The Morgan fingerprint density at radius 2 is 1.78 bits per heavy atom. The summed E-state index contributed by atoms with van der Waals surface area (Å²) < 4.78 is 0. The Balaban J connectivity index is 1.45. The van der Waals surface area contributed by atoms with E-state index in [2.05, 4.69) is 36.9 Å². The van der Waals surface area contributed by atoms with Gasteiger partial charge in [0.2, 0.25) is 11.8 Å². The summed E-state index contributed by atoms with van der Waals surface area (Å²) in [7, 11) is 1.61. The van der Waals surface area contributed by atoms with E-state index in [9.17, 15) is 14.4 Å². The molecule has 2 aliphatic heterocycles. The molecule has 0 atom stereocenters. The van der Waals surface area contributed by atoms with Gasteiger partial charge in [-0.05, 0) is 37.5 Å². The molecule has 0 aliphatic carbocycles. The Morgan fingerprint density at radius 1 is 1.07 bits per heavy atom. The van der Waals surface area contributed by atoms with Crippen LogP contribution in [-0.4, -0.2) is 78.9 Å². The summed E-state index contributed by atoms with van der Waals surface area (Å²) in [5.74, 6) is -0.0832. The number of imide groups is 1. The van der Waals surface area contributed by atoms with Gasteiger partial charge in [-0.15, -0.1) is 0 Å². The second-order valence-electron chi connectivity index (χ2n) is 7.45. The fraction of sp³-hybridized carbons (Fsp3) is 0.550. The third-order valence-electron chi connectivity index (χ3n) is 5.34. The van der Waals surface area contributed by atoms with Crippen LogP contribution in [0.15, 0.2) is 18.2 Å². The minimum absolute atomic E-state index is 0.100. The van der Waals surface area contributed by atoms with Gasteiger partial charge in [0.25, 0.3) is 0 Å². The molecule has 27 heavy (non-hydrogen) atoms. The maximum absolute atomic E-state index is 12.5. The molecule has 7 heteroatoms. The van der Waals surface area contributed by atoms with E-state index in [-0.39, 0.29) is 24.4 Å². The van der Waals surface area contributed by atoms with Crippen LogP contribution in [0.25, 0.3) is 0 Å². The summed E-state index contributed by atoms with van der Waals surface area (Å²) in [6.45, 7) is 7.71. The quantitative estimate of drug-likeness (QED) is 0.737. The average Bonchev–Trinajstić information content (AvgIpc) is 2.89. The van der Waals surface area contributed by atoms with Crippen molar-refractivity contribution in [2.45, 2.75) is 26.7 Å². The van der Waals surface area contributed by atoms with Gasteiger partial charge in [0.1, 0.15) is 6.54 Å². The number of carbonyl (C=O) groups excluding carboxylic acids is 3. The number of likely N-dealkylation sites (N-methyl/N-ethyl adjacent to an activating group) is 1. The summed E-state index contributed by atoms with van der Waals surface area (Å²) in [5, 5.41) is 0. The normalized spacial score (nSPS) is 17.9. The van der Waals surface area contributed by atoms with E-state index in [4.69, 9.17) is 0 Å². The van der Waals surface area contributed by atoms with Gasteiger partial charge < -0.3 is 14.7 Å². The summed E-state index contributed by atoms with van der Waals surface area (Å²) in [6.07, 6.45) is 0.881. The van der Waals surface area contributed by atoms with E-state index >= 15 is 0 Å². The number of piperazine rings is 1. The predicted octanol–water partition coefficient (Wildman–Crippen LogP) is 1.63. The molecule has 1 aromatic carbocycles. The predicted molar refractivity (Wildman–Crippen MR) is 104 cm³/mol. The first-order chi connectivity index (χ1) is 12.9. The van der Waals surface area contributed by atoms with Crippen LogP contribution in [-0.2, 0) is 9.59 Å². The summed E-state index contributed by atoms with van der Waals surface area (Å²) in [6, 6.07) is 6.19. The molecule has 7 nitrogen and oxygen atoms in total. The van der Waals surface area contributed by atoms with Crippen LogP contribution < -0.4 is 4.90 Å². The molecule has 146 valence electrons. The van der Waals surface area contributed by atoms with Crippen molar-refractivity contribution in [2.24, 2.45) is 0 Å². The number of urea groups is 1. The number of benzene rings is 1. The molecule has 0 aromatic heterocycles. The zero-order chi connectivity index (χ0) is 19.6. The number of aryl methyl sites for hydroxylation is 2. The molecule has 2 saturated heterocycles. The lowest BCUT2D eigenvalue weighted by molar-refractivity contribution is -0.132.